The van der Waals surface area contributed by atoms with Crippen molar-refractivity contribution < 1.29 is 31.6 Å². The molecule has 0 aromatic carbocycles. The number of nitrogens with one attached hydrogen (secondary N) is 2. The fourth-order valence-corrected chi connectivity index (χ4v) is 6.97. The summed E-state index contributed by atoms with van der Waals surface area (Å²) in [7, 11) is 1.25. The molecule has 1 aliphatic heterocycles. The number of carbonyl (C=O) groups is 2. The average Bonchev–Trinajstić information content (AvgIpc) is 3.78. The molecule has 1 aliphatic carbocycles. The first-order valence-electron chi connectivity index (χ1n) is 16.2. The van der Waals surface area contributed by atoms with E-state index in [1.54, 1.807) is 17.0 Å². The van der Waals surface area contributed by atoms with Gasteiger partial charge >= 0.3 is 18.0 Å². The lowest BCUT2D eigenvalue weighted by atomic mass is 9.89. The largest absolute Gasteiger partial charge is 0.453 e. The Kier molecular flexibility index (Phi) is 7.48. The van der Waals surface area contributed by atoms with Gasteiger partial charge in [0.25, 0.3) is 0 Å². The molecule has 0 radical (unpaired) electrons. The molecule has 2 atom stereocenters. The lowest BCUT2D eigenvalue weighted by Gasteiger charge is -2.31. The molecule has 2 fully saturated rings. The molecule has 4 aromatic heterocycles. The average molecular weight is 662 g/mol. The van der Waals surface area contributed by atoms with Gasteiger partial charge in [-0.3, -0.25) is 13.9 Å². The van der Waals surface area contributed by atoms with E-state index < -0.39 is 35.9 Å². The maximum atomic E-state index is 13.6. The Hall–Kier alpha value is -4.47. The van der Waals surface area contributed by atoms with Crippen LogP contribution < -0.4 is 16.3 Å². The number of anilines is 2. The van der Waals surface area contributed by atoms with E-state index >= 15 is 0 Å². The minimum Gasteiger partial charge on any atom is -0.453 e. The van der Waals surface area contributed by atoms with E-state index in [-0.39, 0.29) is 45.7 Å². The van der Waals surface area contributed by atoms with Crippen molar-refractivity contribution in [2.45, 2.75) is 63.2 Å². The van der Waals surface area contributed by atoms with Crippen molar-refractivity contribution in [1.29, 1.82) is 0 Å². The number of piperidine rings is 1. The summed E-state index contributed by atoms with van der Waals surface area (Å²) in [5.74, 6) is 0.425. The van der Waals surface area contributed by atoms with Gasteiger partial charge in [0.15, 0.2) is 0 Å². The van der Waals surface area contributed by atoms with Crippen LogP contribution in [0.4, 0.5) is 29.6 Å². The van der Waals surface area contributed by atoms with E-state index in [0.717, 1.165) is 11.8 Å². The summed E-state index contributed by atoms with van der Waals surface area (Å²) in [5.41, 5.74) is 0.644. The molecular formula is C30H33F3N8O4S. The number of alkyl halides is 3. The van der Waals surface area contributed by atoms with Gasteiger partial charge in [0, 0.05) is 49.3 Å². The zero-order valence-corrected chi connectivity index (χ0v) is 25.7. The fourth-order valence-electron chi connectivity index (χ4n) is 6.23. The Morgan fingerprint density at radius 3 is 2.52 bits per heavy atom. The van der Waals surface area contributed by atoms with E-state index in [4.69, 9.17) is 8.85 Å². The van der Waals surface area contributed by atoms with E-state index in [2.05, 4.69) is 25.6 Å². The van der Waals surface area contributed by atoms with E-state index in [1.165, 1.54) is 30.9 Å². The minimum atomic E-state index is -4.57. The van der Waals surface area contributed by atoms with Gasteiger partial charge in [-0.2, -0.15) is 13.2 Å². The third-order valence-electron chi connectivity index (χ3n) is 8.56. The molecule has 0 bridgehead atoms. The van der Waals surface area contributed by atoms with Crippen LogP contribution >= 0.6 is 11.3 Å². The van der Waals surface area contributed by atoms with Crippen LogP contribution in [0.15, 0.2) is 35.4 Å². The highest BCUT2D eigenvalue weighted by molar-refractivity contribution is 7.15. The normalized spacial score (nSPS) is 20.3. The predicted molar refractivity (Wildman–Crippen MR) is 165 cm³/mol. The number of rotatable bonds is 6. The van der Waals surface area contributed by atoms with Gasteiger partial charge in [-0.25, -0.2) is 24.5 Å². The summed E-state index contributed by atoms with van der Waals surface area (Å²) >= 11 is 0.474. The Balaban J connectivity index is 1.38. The topological polar surface area (TPSA) is 136 Å². The molecular weight excluding hydrogens is 625 g/mol. The van der Waals surface area contributed by atoms with Crippen molar-refractivity contribution >= 4 is 46.0 Å². The summed E-state index contributed by atoms with van der Waals surface area (Å²) < 4.78 is 71.2. The number of thiazole rings is 1. The highest BCUT2D eigenvalue weighted by Crippen LogP contribution is 2.39. The van der Waals surface area contributed by atoms with E-state index in [1.807, 2.05) is 0 Å². The lowest BCUT2D eigenvalue weighted by molar-refractivity contribution is -0.134. The molecule has 16 heteroatoms. The molecule has 5 heterocycles. The molecule has 46 heavy (non-hydrogen) atoms. The number of aryl methyl sites for hydroxylation is 1. The third-order valence-corrected chi connectivity index (χ3v) is 9.62. The Labute approximate surface area is 269 Å². The number of halogens is 3. The van der Waals surface area contributed by atoms with Crippen LogP contribution in [0, 0.1) is 0 Å². The van der Waals surface area contributed by atoms with Gasteiger partial charge in [0.1, 0.15) is 27.2 Å². The standard InChI is InChI=1S/C30H33F3N8O4S/c1-16(42)40-8-6-17(7-9-40)18-10-21(27-35-15-24(46-27)30(31,32)33)37-26(11-18)38-25-13-22-23(14-34-25)39(2)29(44)41(22)20-5-4-19(12-20)36-28(43)45-3/h10-11,13-15,17,19-20H,4-9,12H2,1-3H3,(H,36,43)(H,34,37,38)/t19-,20-/m1/s1/i2D3. The molecule has 2 N–H and O–H groups in total. The van der Waals surface area contributed by atoms with Gasteiger partial charge in [0.05, 0.1) is 30.5 Å². The first-order chi connectivity index (χ1) is 23.1. The van der Waals surface area contributed by atoms with Crippen molar-refractivity contribution in [1.82, 2.24) is 34.3 Å². The van der Waals surface area contributed by atoms with Crippen molar-refractivity contribution in [3.8, 4) is 10.7 Å². The number of carbonyl (C=O) groups excluding carboxylic acids is 2. The number of nitrogens with zero attached hydrogens (tertiary/aromatic N) is 6. The number of aromatic nitrogens is 5. The highest BCUT2D eigenvalue weighted by atomic mass is 32.1. The zero-order valence-electron chi connectivity index (χ0n) is 27.9. The zero-order chi connectivity index (χ0) is 35.2. The lowest BCUT2D eigenvalue weighted by Crippen LogP contribution is -2.36. The number of hydrogen-bond acceptors (Lipinski definition) is 9. The van der Waals surface area contributed by atoms with E-state index in [0.29, 0.717) is 66.6 Å². The molecule has 1 saturated heterocycles. The SMILES string of the molecule is [2H]C([2H])([2H])n1c(=O)n([C@@H]2CC[C@@H](NC(=O)OC)C2)c2cc(Nc3cc(C4CCN(C(C)=O)CC4)cc(-c4ncc(C(F)(F)F)s4)n3)ncc21. The maximum Gasteiger partial charge on any atom is 0.427 e. The van der Waals surface area contributed by atoms with Crippen LogP contribution in [0.3, 0.4) is 0 Å². The predicted octanol–water partition coefficient (Wildman–Crippen LogP) is 5.19. The second kappa shape index (κ2) is 12.4. The minimum absolute atomic E-state index is 0.0113. The molecule has 12 nitrogen and oxygen atoms in total. The number of ether oxygens (including phenoxy) is 1. The molecule has 4 aromatic rings. The number of imidazole rings is 1. The molecule has 244 valence electrons. The molecule has 1 saturated carbocycles. The van der Waals surface area contributed by atoms with Crippen molar-refractivity contribution in [2.24, 2.45) is 6.98 Å². The van der Waals surface area contributed by atoms with Crippen molar-refractivity contribution in [2.75, 3.05) is 25.5 Å². The van der Waals surface area contributed by atoms with Crippen LogP contribution in [0.2, 0.25) is 0 Å². The monoisotopic (exact) mass is 661 g/mol. The first-order valence-corrected chi connectivity index (χ1v) is 15.5. The van der Waals surface area contributed by atoms with Gasteiger partial charge in [-0.05, 0) is 55.7 Å². The summed E-state index contributed by atoms with van der Waals surface area (Å²) in [4.78, 5) is 51.1. The van der Waals surface area contributed by atoms with Crippen molar-refractivity contribution in [3.05, 3.63) is 51.5 Å². The molecule has 0 spiro atoms. The fraction of sp³-hybridized carbons (Fsp3) is 0.467. The Morgan fingerprint density at radius 2 is 1.85 bits per heavy atom. The molecule has 0 unspecified atom stereocenters. The molecule has 2 aliphatic rings. The summed E-state index contributed by atoms with van der Waals surface area (Å²) in [6.45, 7) is -0.231. The number of pyridine rings is 2. The number of methoxy groups -OCH3 is 1. The van der Waals surface area contributed by atoms with Crippen LogP contribution in [0.1, 0.15) is 65.5 Å². The van der Waals surface area contributed by atoms with E-state index in [9.17, 15) is 27.6 Å². The third kappa shape index (κ3) is 6.30. The number of alkyl carbamates (subject to hydrolysis) is 1. The van der Waals surface area contributed by atoms with Crippen LogP contribution in [0.5, 0.6) is 0 Å². The van der Waals surface area contributed by atoms with Crippen LogP contribution in [-0.4, -0.2) is 67.2 Å². The van der Waals surface area contributed by atoms with Gasteiger partial charge in [-0.15, -0.1) is 11.3 Å². The second-order valence-electron chi connectivity index (χ2n) is 11.4. The van der Waals surface area contributed by atoms with Gasteiger partial charge in [-0.1, -0.05) is 0 Å². The molecule has 2 amide bonds. The van der Waals surface area contributed by atoms with Gasteiger partial charge < -0.3 is 20.3 Å². The maximum absolute atomic E-state index is 13.6. The summed E-state index contributed by atoms with van der Waals surface area (Å²) in [6, 6.07) is 4.29. The number of fused-ring (bicyclic) bond motifs is 1. The number of amides is 2. The number of hydrogen-bond donors (Lipinski definition) is 2. The quantitative estimate of drug-likeness (QED) is 0.288. The second-order valence-corrected chi connectivity index (χ2v) is 12.5. The molecule has 6 rings (SSSR count). The highest BCUT2D eigenvalue weighted by Gasteiger charge is 2.34. The van der Waals surface area contributed by atoms with Crippen LogP contribution in [-0.2, 0) is 22.7 Å². The van der Waals surface area contributed by atoms with Gasteiger partial charge in [0.2, 0.25) is 5.91 Å². The summed E-state index contributed by atoms with van der Waals surface area (Å²) in [6.07, 6.45) is -0.452. The van der Waals surface area contributed by atoms with Crippen LogP contribution in [0.25, 0.3) is 21.7 Å². The first kappa shape index (κ1) is 27.8. The Morgan fingerprint density at radius 1 is 1.07 bits per heavy atom. The van der Waals surface area contributed by atoms with Crippen molar-refractivity contribution in [3.63, 3.8) is 0 Å². The summed E-state index contributed by atoms with van der Waals surface area (Å²) in [5, 5.41) is 5.91. The smallest absolute Gasteiger partial charge is 0.427 e. The Bertz CT molecular complexity index is 1950. The number of likely N-dealkylation sites (tertiary alicyclic amines) is 1.